The molecule has 30 heavy (non-hydrogen) atoms. The third-order valence-corrected chi connectivity index (χ3v) is 6.93. The van der Waals surface area contributed by atoms with Gasteiger partial charge in [-0.05, 0) is 33.7 Å². The van der Waals surface area contributed by atoms with E-state index in [1.807, 2.05) is 64.4 Å². The Morgan fingerprint density at radius 2 is 1.13 bits per heavy atom. The van der Waals surface area contributed by atoms with Gasteiger partial charge in [-0.3, -0.25) is 9.59 Å². The van der Waals surface area contributed by atoms with Gasteiger partial charge < -0.3 is 20.8 Å². The van der Waals surface area contributed by atoms with Gasteiger partial charge in [-0.15, -0.1) is 22.7 Å². The molecule has 6 nitrogen and oxygen atoms in total. The number of amides is 2. The molecule has 2 atom stereocenters. The Morgan fingerprint density at radius 3 is 1.40 bits per heavy atom. The molecule has 0 saturated carbocycles. The van der Waals surface area contributed by atoms with Gasteiger partial charge in [-0.2, -0.15) is 0 Å². The van der Waals surface area contributed by atoms with Crippen LogP contribution in [0.4, 0.5) is 0 Å². The molecule has 0 aliphatic rings. The predicted molar refractivity (Wildman–Crippen MR) is 123 cm³/mol. The fourth-order valence-electron chi connectivity index (χ4n) is 2.91. The van der Waals surface area contributed by atoms with Gasteiger partial charge in [0.05, 0.1) is 35.1 Å². The van der Waals surface area contributed by atoms with Gasteiger partial charge in [-0.25, -0.2) is 0 Å². The molecular formula is C22H32N2O4S2. The Morgan fingerprint density at radius 1 is 0.800 bits per heavy atom. The second-order valence-corrected chi connectivity index (χ2v) is 11.3. The van der Waals surface area contributed by atoms with Gasteiger partial charge in [0, 0.05) is 11.1 Å². The maximum absolute atomic E-state index is 12.9. The molecule has 0 radical (unpaired) electrons. The summed E-state index contributed by atoms with van der Waals surface area (Å²) in [6.45, 7) is 11.4. The molecule has 2 heterocycles. The average Bonchev–Trinajstić information content (AvgIpc) is 3.30. The number of nitrogens with one attached hydrogen (secondary N) is 2. The Hall–Kier alpha value is -1.74. The monoisotopic (exact) mass is 452 g/mol. The smallest absolute Gasteiger partial charge is 0.262 e. The molecule has 0 saturated heterocycles. The third kappa shape index (κ3) is 5.69. The van der Waals surface area contributed by atoms with Gasteiger partial charge in [0.2, 0.25) is 0 Å². The number of rotatable bonds is 7. The molecule has 2 rings (SSSR count). The van der Waals surface area contributed by atoms with E-state index in [0.717, 1.165) is 0 Å². The minimum absolute atomic E-state index is 0.155. The summed E-state index contributed by atoms with van der Waals surface area (Å²) >= 11 is 2.60. The zero-order valence-electron chi connectivity index (χ0n) is 18.4. The topological polar surface area (TPSA) is 98.7 Å². The highest BCUT2D eigenvalue weighted by Gasteiger charge is 2.30. The molecule has 0 unspecified atom stereocenters. The number of hydrogen-bond donors (Lipinski definition) is 4. The lowest BCUT2D eigenvalue weighted by Crippen LogP contribution is -2.46. The van der Waals surface area contributed by atoms with Crippen LogP contribution in [0.1, 0.15) is 60.9 Å². The average molecular weight is 453 g/mol. The van der Waals surface area contributed by atoms with Crippen molar-refractivity contribution >= 4 is 34.5 Å². The molecular weight excluding hydrogens is 420 g/mol. The quantitative estimate of drug-likeness (QED) is 0.514. The van der Waals surface area contributed by atoms with E-state index in [9.17, 15) is 19.8 Å². The first-order chi connectivity index (χ1) is 13.9. The fraction of sp³-hybridized carbons (Fsp3) is 0.545. The zero-order valence-corrected chi connectivity index (χ0v) is 20.0. The van der Waals surface area contributed by atoms with Crippen molar-refractivity contribution < 1.29 is 19.8 Å². The van der Waals surface area contributed by atoms with Crippen molar-refractivity contribution in [1.82, 2.24) is 10.6 Å². The Bertz CT molecular complexity index is 802. The Labute approximate surface area is 186 Å². The van der Waals surface area contributed by atoms with E-state index < -0.39 is 0 Å². The molecule has 0 aromatic carbocycles. The molecule has 2 amide bonds. The molecule has 0 spiro atoms. The zero-order chi connectivity index (χ0) is 22.7. The van der Waals surface area contributed by atoms with Crippen LogP contribution >= 0.6 is 22.7 Å². The van der Waals surface area contributed by atoms with E-state index in [4.69, 9.17) is 0 Å². The highest BCUT2D eigenvalue weighted by molar-refractivity contribution is 7.13. The van der Waals surface area contributed by atoms with E-state index in [1.54, 1.807) is 0 Å². The summed E-state index contributed by atoms with van der Waals surface area (Å²) in [5, 5.41) is 28.8. The summed E-state index contributed by atoms with van der Waals surface area (Å²) in [6, 6.07) is 2.89. The van der Waals surface area contributed by atoms with Gasteiger partial charge in [0.1, 0.15) is 0 Å². The van der Waals surface area contributed by atoms with Crippen LogP contribution in [0.5, 0.6) is 0 Å². The molecule has 0 aliphatic carbocycles. The standard InChI is InChI=1S/C22H32N2O4S2/c1-21(2,3)15(11-25)23-19(27)17-13(7-9-29-17)14-8-10-30-18(14)20(28)24-16(12-26)22(4,5)6/h7-10,15-16,25-26H,11-12H2,1-6H3,(H,23,27)(H,24,28)/t15-,16-/m1/s1. The molecule has 0 aliphatic heterocycles. The largest absolute Gasteiger partial charge is 0.394 e. The molecule has 0 bridgehead atoms. The summed E-state index contributed by atoms with van der Waals surface area (Å²) in [5.41, 5.74) is 0.792. The first kappa shape index (κ1) is 24.5. The molecule has 0 fully saturated rings. The SMILES string of the molecule is CC(C)(C)[C@@H](CO)NC(=O)c1sccc1-c1ccsc1C(=O)N[C@H](CO)C(C)(C)C. The molecule has 2 aromatic rings. The Kier molecular flexibility index (Phi) is 7.85. The summed E-state index contributed by atoms with van der Waals surface area (Å²) in [4.78, 5) is 26.9. The summed E-state index contributed by atoms with van der Waals surface area (Å²) in [7, 11) is 0. The number of carbonyl (C=O) groups excluding carboxylic acids is 2. The normalized spacial score (nSPS) is 14.3. The van der Waals surface area contributed by atoms with Crippen molar-refractivity contribution in [2.75, 3.05) is 13.2 Å². The van der Waals surface area contributed by atoms with Crippen molar-refractivity contribution in [2.45, 2.75) is 53.6 Å². The van der Waals surface area contributed by atoms with E-state index >= 15 is 0 Å². The summed E-state index contributed by atoms with van der Waals surface area (Å²) in [6.07, 6.45) is 0. The second-order valence-electron chi connectivity index (χ2n) is 9.48. The van der Waals surface area contributed by atoms with Gasteiger partial charge >= 0.3 is 0 Å². The van der Waals surface area contributed by atoms with Crippen LogP contribution in [-0.2, 0) is 0 Å². The van der Waals surface area contributed by atoms with Gasteiger partial charge in [-0.1, -0.05) is 41.5 Å². The van der Waals surface area contributed by atoms with Crippen molar-refractivity contribution in [3.63, 3.8) is 0 Å². The van der Waals surface area contributed by atoms with Crippen molar-refractivity contribution in [3.8, 4) is 11.1 Å². The lowest BCUT2D eigenvalue weighted by molar-refractivity contribution is 0.0846. The lowest BCUT2D eigenvalue weighted by Gasteiger charge is -2.30. The van der Waals surface area contributed by atoms with E-state index in [-0.39, 0.29) is 47.9 Å². The third-order valence-electron chi connectivity index (χ3n) is 5.10. The van der Waals surface area contributed by atoms with Crippen LogP contribution < -0.4 is 10.6 Å². The maximum atomic E-state index is 12.9. The first-order valence-electron chi connectivity index (χ1n) is 9.89. The van der Waals surface area contributed by atoms with E-state index in [0.29, 0.717) is 20.9 Å². The Balaban J connectivity index is 2.30. The van der Waals surface area contributed by atoms with E-state index in [1.165, 1.54) is 22.7 Å². The lowest BCUT2D eigenvalue weighted by atomic mass is 9.87. The van der Waals surface area contributed by atoms with Crippen LogP contribution in [0.2, 0.25) is 0 Å². The minimum Gasteiger partial charge on any atom is -0.394 e. The number of thiophene rings is 2. The van der Waals surface area contributed by atoms with Gasteiger partial charge in [0.15, 0.2) is 0 Å². The highest BCUT2D eigenvalue weighted by Crippen LogP contribution is 2.34. The van der Waals surface area contributed by atoms with Gasteiger partial charge in [0.25, 0.3) is 11.8 Å². The van der Waals surface area contributed by atoms with Crippen molar-refractivity contribution in [2.24, 2.45) is 10.8 Å². The summed E-state index contributed by atoms with van der Waals surface area (Å²) < 4.78 is 0. The van der Waals surface area contributed by atoms with Crippen LogP contribution in [0.15, 0.2) is 22.9 Å². The molecule has 8 heteroatoms. The van der Waals surface area contributed by atoms with Crippen molar-refractivity contribution in [3.05, 3.63) is 32.6 Å². The fourth-order valence-corrected chi connectivity index (χ4v) is 4.54. The first-order valence-corrected chi connectivity index (χ1v) is 11.6. The molecule has 166 valence electrons. The minimum atomic E-state index is -0.387. The van der Waals surface area contributed by atoms with Crippen LogP contribution in [-0.4, -0.2) is 47.3 Å². The molecule has 4 N–H and O–H groups in total. The molecule has 2 aromatic heterocycles. The van der Waals surface area contributed by atoms with Crippen molar-refractivity contribution in [1.29, 1.82) is 0 Å². The second kappa shape index (κ2) is 9.60. The maximum Gasteiger partial charge on any atom is 0.262 e. The number of carbonyl (C=O) groups is 2. The number of aliphatic hydroxyl groups excluding tert-OH is 2. The van der Waals surface area contributed by atoms with Crippen LogP contribution in [0, 0.1) is 10.8 Å². The number of aliphatic hydroxyl groups is 2. The summed E-state index contributed by atoms with van der Waals surface area (Å²) in [5.74, 6) is -0.538. The van der Waals surface area contributed by atoms with Crippen LogP contribution in [0.25, 0.3) is 11.1 Å². The number of hydrogen-bond acceptors (Lipinski definition) is 6. The predicted octanol–water partition coefficient (Wildman–Crippen LogP) is 3.75. The van der Waals surface area contributed by atoms with Crippen LogP contribution in [0.3, 0.4) is 0 Å². The highest BCUT2D eigenvalue weighted by atomic mass is 32.1. The van der Waals surface area contributed by atoms with E-state index in [2.05, 4.69) is 10.6 Å².